The van der Waals surface area contributed by atoms with Crippen LogP contribution >= 0.6 is 15.9 Å². The topological polar surface area (TPSA) is 63.9 Å². The first kappa shape index (κ1) is 9.17. The normalized spacial score (nSPS) is 11.7. The van der Waals surface area contributed by atoms with Gasteiger partial charge in [0.1, 0.15) is 10.3 Å². The Bertz CT molecular complexity index is 284. The van der Waals surface area contributed by atoms with Crippen LogP contribution in [0.4, 0.5) is 19.0 Å². The van der Waals surface area contributed by atoms with E-state index in [0.717, 1.165) is 0 Å². The number of aromatic amines is 1. The molecular weight excluding hydrogens is 243 g/mol. The lowest BCUT2D eigenvalue weighted by molar-refractivity contribution is -0.276. The van der Waals surface area contributed by atoms with Crippen molar-refractivity contribution in [3.05, 3.63) is 4.47 Å². The minimum Gasteiger partial charge on any atom is -0.385 e. The van der Waals surface area contributed by atoms with Gasteiger partial charge in [-0.3, -0.25) is 5.10 Å². The summed E-state index contributed by atoms with van der Waals surface area (Å²) in [5.74, 6) is -0.644. The fourth-order valence-electron chi connectivity index (χ4n) is 0.502. The third-order valence-corrected chi connectivity index (χ3v) is 1.68. The van der Waals surface area contributed by atoms with E-state index in [1.54, 1.807) is 0 Å². The molecule has 0 saturated carbocycles. The molecule has 0 aromatic carbocycles. The van der Waals surface area contributed by atoms with E-state index in [-0.39, 0.29) is 10.3 Å². The van der Waals surface area contributed by atoms with Crippen molar-refractivity contribution in [2.45, 2.75) is 6.36 Å². The zero-order valence-corrected chi connectivity index (χ0v) is 7.03. The molecule has 0 aliphatic heterocycles. The van der Waals surface area contributed by atoms with Gasteiger partial charge in [-0.05, 0) is 15.9 Å². The van der Waals surface area contributed by atoms with Crippen LogP contribution in [0.1, 0.15) is 0 Å². The fraction of sp³-hybridized carbons (Fsp3) is 0.250. The van der Waals surface area contributed by atoms with Gasteiger partial charge in [0.05, 0.1) is 0 Å². The van der Waals surface area contributed by atoms with Gasteiger partial charge in [0.25, 0.3) is 5.88 Å². The molecule has 0 fully saturated rings. The Morgan fingerprint density at radius 3 is 2.42 bits per heavy atom. The monoisotopic (exact) mass is 245 g/mol. The first-order valence-corrected chi connectivity index (χ1v) is 3.44. The lowest BCUT2D eigenvalue weighted by Crippen LogP contribution is -2.17. The number of rotatable bonds is 1. The van der Waals surface area contributed by atoms with Gasteiger partial charge in [-0.2, -0.15) is 0 Å². The second-order valence-electron chi connectivity index (χ2n) is 1.80. The summed E-state index contributed by atoms with van der Waals surface area (Å²) in [5, 5.41) is 5.28. The van der Waals surface area contributed by atoms with Crippen molar-refractivity contribution in [1.82, 2.24) is 10.2 Å². The Morgan fingerprint density at radius 1 is 1.50 bits per heavy atom. The highest BCUT2D eigenvalue weighted by Crippen LogP contribution is 2.31. The van der Waals surface area contributed by atoms with Crippen LogP contribution in [0, 0.1) is 0 Å². The number of hydrogen-bond donors (Lipinski definition) is 2. The van der Waals surface area contributed by atoms with E-state index < -0.39 is 12.2 Å². The number of halogens is 4. The zero-order valence-electron chi connectivity index (χ0n) is 5.44. The molecule has 68 valence electrons. The largest absolute Gasteiger partial charge is 0.574 e. The molecule has 0 atom stereocenters. The molecule has 0 saturated heterocycles. The number of anilines is 1. The predicted octanol–water partition coefficient (Wildman–Crippen LogP) is 1.65. The maximum Gasteiger partial charge on any atom is 0.574 e. The second-order valence-corrected chi connectivity index (χ2v) is 2.60. The van der Waals surface area contributed by atoms with Crippen molar-refractivity contribution in [3.63, 3.8) is 0 Å². The van der Waals surface area contributed by atoms with E-state index in [9.17, 15) is 13.2 Å². The number of nitrogens with zero attached hydrogens (tertiary/aromatic N) is 1. The predicted molar refractivity (Wildman–Crippen MR) is 37.4 cm³/mol. The third kappa shape index (κ3) is 2.03. The molecule has 0 radical (unpaired) electrons. The molecule has 0 amide bonds. The lowest BCUT2D eigenvalue weighted by atomic mass is 10.6. The van der Waals surface area contributed by atoms with Gasteiger partial charge in [-0.25, -0.2) is 0 Å². The molecule has 12 heavy (non-hydrogen) atoms. The summed E-state index contributed by atoms with van der Waals surface area (Å²) in [4.78, 5) is 0. The summed E-state index contributed by atoms with van der Waals surface area (Å²) in [6.07, 6.45) is -4.76. The van der Waals surface area contributed by atoms with Crippen molar-refractivity contribution >= 4 is 21.7 Å². The van der Waals surface area contributed by atoms with Crippen molar-refractivity contribution in [3.8, 4) is 5.88 Å². The second kappa shape index (κ2) is 2.85. The highest BCUT2D eigenvalue weighted by molar-refractivity contribution is 9.10. The molecule has 0 bridgehead atoms. The van der Waals surface area contributed by atoms with Crippen molar-refractivity contribution < 1.29 is 17.9 Å². The summed E-state index contributed by atoms with van der Waals surface area (Å²) in [6, 6.07) is 0. The SMILES string of the molecule is Nc1[nH]nc(OC(F)(F)F)c1Br. The van der Waals surface area contributed by atoms with Crippen molar-refractivity contribution in [2.75, 3.05) is 5.73 Å². The van der Waals surface area contributed by atoms with Gasteiger partial charge in [-0.15, -0.1) is 18.3 Å². The van der Waals surface area contributed by atoms with Gasteiger partial charge in [-0.1, -0.05) is 0 Å². The quantitative estimate of drug-likeness (QED) is 0.791. The van der Waals surface area contributed by atoms with Crippen LogP contribution in [0.2, 0.25) is 0 Å². The molecular formula is C4H3BrF3N3O. The number of alkyl halides is 3. The average molecular weight is 246 g/mol. The molecule has 1 aromatic rings. The molecule has 3 N–H and O–H groups in total. The Balaban J connectivity index is 2.83. The third-order valence-electron chi connectivity index (χ3n) is 0.915. The van der Waals surface area contributed by atoms with Crippen LogP contribution in [0.25, 0.3) is 0 Å². The first-order chi connectivity index (χ1) is 5.40. The maximum atomic E-state index is 11.6. The highest BCUT2D eigenvalue weighted by atomic mass is 79.9. The van der Waals surface area contributed by atoms with Crippen molar-refractivity contribution in [1.29, 1.82) is 0 Å². The van der Waals surface area contributed by atoms with Crippen LogP contribution < -0.4 is 10.5 Å². The fourth-order valence-corrected chi connectivity index (χ4v) is 0.760. The summed E-state index contributed by atoms with van der Waals surface area (Å²) in [5.41, 5.74) is 5.15. The molecule has 4 nitrogen and oxygen atoms in total. The van der Waals surface area contributed by atoms with Crippen molar-refractivity contribution in [2.24, 2.45) is 0 Å². The number of hydrogen-bond acceptors (Lipinski definition) is 3. The van der Waals surface area contributed by atoms with E-state index in [4.69, 9.17) is 5.73 Å². The highest BCUT2D eigenvalue weighted by Gasteiger charge is 2.33. The minimum absolute atomic E-state index is 0.0192. The Hall–Kier alpha value is -0.920. The number of ether oxygens (including phenoxy) is 1. The summed E-state index contributed by atoms with van der Waals surface area (Å²) >= 11 is 2.76. The number of nitrogens with one attached hydrogen (secondary N) is 1. The van der Waals surface area contributed by atoms with Crippen LogP contribution in [0.5, 0.6) is 5.88 Å². The number of aromatic nitrogens is 2. The molecule has 1 heterocycles. The molecule has 1 aromatic heterocycles. The lowest BCUT2D eigenvalue weighted by Gasteiger charge is -2.04. The van der Waals surface area contributed by atoms with Gasteiger partial charge in [0.2, 0.25) is 0 Å². The van der Waals surface area contributed by atoms with Crippen LogP contribution in [-0.2, 0) is 0 Å². The minimum atomic E-state index is -4.76. The van der Waals surface area contributed by atoms with E-state index in [1.807, 2.05) is 0 Å². The smallest absolute Gasteiger partial charge is 0.385 e. The molecule has 0 aliphatic carbocycles. The number of nitrogen functional groups attached to an aromatic ring is 1. The van der Waals surface area contributed by atoms with Gasteiger partial charge in [0, 0.05) is 0 Å². The van der Waals surface area contributed by atoms with Crippen LogP contribution in [-0.4, -0.2) is 16.6 Å². The Morgan fingerprint density at radius 2 is 2.08 bits per heavy atom. The molecule has 0 unspecified atom stereocenters. The average Bonchev–Trinajstić information content (AvgIpc) is 2.16. The van der Waals surface area contributed by atoms with Gasteiger partial charge >= 0.3 is 6.36 Å². The number of nitrogens with two attached hydrogens (primary N) is 1. The van der Waals surface area contributed by atoms with Gasteiger partial charge < -0.3 is 10.5 Å². The van der Waals surface area contributed by atoms with E-state index >= 15 is 0 Å². The van der Waals surface area contributed by atoms with E-state index in [1.165, 1.54) is 0 Å². The summed E-state index contributed by atoms with van der Waals surface area (Å²) in [7, 11) is 0. The first-order valence-electron chi connectivity index (χ1n) is 2.65. The summed E-state index contributed by atoms with van der Waals surface area (Å²) in [6.45, 7) is 0. The zero-order chi connectivity index (χ0) is 9.35. The summed E-state index contributed by atoms with van der Waals surface area (Å²) < 4.78 is 38.2. The van der Waals surface area contributed by atoms with Crippen LogP contribution in [0.15, 0.2) is 4.47 Å². The Kier molecular flexibility index (Phi) is 2.18. The van der Waals surface area contributed by atoms with E-state index in [0.29, 0.717) is 0 Å². The maximum absolute atomic E-state index is 11.6. The van der Waals surface area contributed by atoms with Gasteiger partial charge in [0.15, 0.2) is 0 Å². The molecule has 0 aliphatic rings. The number of H-pyrrole nitrogens is 1. The standard InChI is InChI=1S/C4H3BrF3N3O/c5-1-2(9)10-11-3(1)12-4(6,7)8/h(H3,9,10,11). The molecule has 0 spiro atoms. The van der Waals surface area contributed by atoms with Crippen LogP contribution in [0.3, 0.4) is 0 Å². The molecule has 8 heteroatoms. The van der Waals surface area contributed by atoms with E-state index in [2.05, 4.69) is 30.9 Å². The molecule has 1 rings (SSSR count). The Labute approximate surface area is 73.0 Å².